The molecule has 114 valence electrons. The lowest BCUT2D eigenvalue weighted by molar-refractivity contribution is 0.0297. The summed E-state index contributed by atoms with van der Waals surface area (Å²) in [5.41, 5.74) is 0.818. The molecule has 2 N–H and O–H groups in total. The van der Waals surface area contributed by atoms with Crippen LogP contribution in [0.2, 0.25) is 0 Å². The standard InChI is InChI=1S/C18H31NO/c1-16(2)10-7-8-15(9-11-16)19-13-12-17(3,4)14-18(5,6)20/h7-11,19-20H,12-14H2,1-6H3. The highest BCUT2D eigenvalue weighted by molar-refractivity contribution is 5.29. The first-order valence-electron chi connectivity index (χ1n) is 7.54. The molecule has 0 saturated heterocycles. The van der Waals surface area contributed by atoms with Gasteiger partial charge in [-0.15, -0.1) is 0 Å². The Morgan fingerprint density at radius 2 is 1.80 bits per heavy atom. The Morgan fingerprint density at radius 1 is 1.15 bits per heavy atom. The van der Waals surface area contributed by atoms with Crippen molar-refractivity contribution in [3.63, 3.8) is 0 Å². The van der Waals surface area contributed by atoms with Crippen molar-refractivity contribution in [1.29, 1.82) is 0 Å². The number of aliphatic hydroxyl groups is 1. The van der Waals surface area contributed by atoms with Crippen LogP contribution in [-0.2, 0) is 0 Å². The van der Waals surface area contributed by atoms with Crippen LogP contribution in [0, 0.1) is 10.8 Å². The van der Waals surface area contributed by atoms with E-state index in [4.69, 9.17) is 0 Å². The summed E-state index contributed by atoms with van der Waals surface area (Å²) in [6.07, 6.45) is 12.7. The van der Waals surface area contributed by atoms with Gasteiger partial charge in [-0.2, -0.15) is 0 Å². The predicted molar refractivity (Wildman–Crippen MR) is 87.5 cm³/mol. The van der Waals surface area contributed by atoms with E-state index in [0.29, 0.717) is 0 Å². The number of nitrogens with one attached hydrogen (secondary N) is 1. The third kappa shape index (κ3) is 6.95. The van der Waals surface area contributed by atoms with E-state index in [-0.39, 0.29) is 10.8 Å². The number of rotatable bonds is 6. The molecule has 1 aliphatic rings. The second-order valence-corrected chi connectivity index (χ2v) is 7.97. The number of allylic oxidation sites excluding steroid dienone is 5. The summed E-state index contributed by atoms with van der Waals surface area (Å²) in [6.45, 7) is 13.5. The molecular formula is C18H31NO. The van der Waals surface area contributed by atoms with Gasteiger partial charge >= 0.3 is 0 Å². The average Bonchev–Trinajstić information content (AvgIpc) is 2.36. The maximum Gasteiger partial charge on any atom is 0.0596 e. The summed E-state index contributed by atoms with van der Waals surface area (Å²) in [7, 11) is 0. The van der Waals surface area contributed by atoms with Gasteiger partial charge in [-0.05, 0) is 44.3 Å². The molecule has 0 aliphatic heterocycles. The SMILES string of the molecule is CC1(C)C=CC=C(NCCC(C)(C)CC(C)(C)O)C=C1. The minimum Gasteiger partial charge on any atom is -0.390 e. The average molecular weight is 277 g/mol. The van der Waals surface area contributed by atoms with E-state index >= 15 is 0 Å². The van der Waals surface area contributed by atoms with Gasteiger partial charge in [0, 0.05) is 17.7 Å². The normalized spacial score (nSPS) is 18.6. The van der Waals surface area contributed by atoms with Crippen LogP contribution in [0.1, 0.15) is 54.4 Å². The predicted octanol–water partition coefficient (Wildman–Crippen LogP) is 4.19. The highest BCUT2D eigenvalue weighted by Crippen LogP contribution is 2.30. The number of hydrogen-bond donors (Lipinski definition) is 2. The fourth-order valence-corrected chi connectivity index (χ4v) is 2.74. The zero-order chi connectivity index (χ0) is 15.4. The lowest BCUT2D eigenvalue weighted by Gasteiger charge is -2.31. The van der Waals surface area contributed by atoms with Crippen LogP contribution >= 0.6 is 0 Å². The molecule has 1 aliphatic carbocycles. The maximum absolute atomic E-state index is 9.94. The topological polar surface area (TPSA) is 32.3 Å². The van der Waals surface area contributed by atoms with Crippen molar-refractivity contribution in [2.75, 3.05) is 6.54 Å². The number of hydrogen-bond acceptors (Lipinski definition) is 2. The van der Waals surface area contributed by atoms with Gasteiger partial charge in [-0.3, -0.25) is 0 Å². The molecule has 0 aromatic carbocycles. The summed E-state index contributed by atoms with van der Waals surface area (Å²) in [6, 6.07) is 0. The van der Waals surface area contributed by atoms with Crippen molar-refractivity contribution in [1.82, 2.24) is 5.32 Å². The largest absolute Gasteiger partial charge is 0.390 e. The van der Waals surface area contributed by atoms with Crippen molar-refractivity contribution < 1.29 is 5.11 Å². The van der Waals surface area contributed by atoms with Gasteiger partial charge in [0.1, 0.15) is 0 Å². The quantitative estimate of drug-likeness (QED) is 0.763. The molecule has 0 atom stereocenters. The van der Waals surface area contributed by atoms with Gasteiger partial charge in [0.15, 0.2) is 0 Å². The molecule has 2 nitrogen and oxygen atoms in total. The first-order valence-corrected chi connectivity index (χ1v) is 7.54. The van der Waals surface area contributed by atoms with Crippen LogP contribution in [0.15, 0.2) is 36.1 Å². The maximum atomic E-state index is 9.94. The van der Waals surface area contributed by atoms with Gasteiger partial charge in [-0.1, -0.05) is 45.9 Å². The van der Waals surface area contributed by atoms with Crippen LogP contribution in [0.4, 0.5) is 0 Å². The van der Waals surface area contributed by atoms with Crippen LogP contribution in [0.3, 0.4) is 0 Å². The van der Waals surface area contributed by atoms with Gasteiger partial charge in [0.2, 0.25) is 0 Å². The highest BCUT2D eigenvalue weighted by Gasteiger charge is 2.26. The van der Waals surface area contributed by atoms with Gasteiger partial charge < -0.3 is 10.4 Å². The van der Waals surface area contributed by atoms with Crippen LogP contribution in [0.25, 0.3) is 0 Å². The first kappa shape index (κ1) is 17.0. The van der Waals surface area contributed by atoms with E-state index in [2.05, 4.69) is 63.4 Å². The summed E-state index contributed by atoms with van der Waals surface area (Å²) < 4.78 is 0. The Balaban J connectivity index is 2.45. The fraction of sp³-hybridized carbons (Fsp3) is 0.667. The van der Waals surface area contributed by atoms with Crippen LogP contribution in [-0.4, -0.2) is 17.3 Å². The molecule has 0 saturated carbocycles. The van der Waals surface area contributed by atoms with Crippen molar-refractivity contribution in [3.8, 4) is 0 Å². The summed E-state index contributed by atoms with van der Waals surface area (Å²) in [5, 5.41) is 13.4. The van der Waals surface area contributed by atoms with Crippen LogP contribution < -0.4 is 5.32 Å². The molecule has 0 fully saturated rings. The summed E-state index contributed by atoms with van der Waals surface area (Å²) in [5.74, 6) is 0. The molecule has 0 spiro atoms. The molecule has 20 heavy (non-hydrogen) atoms. The molecule has 0 bridgehead atoms. The molecule has 0 heterocycles. The second kappa shape index (κ2) is 6.17. The van der Waals surface area contributed by atoms with Crippen molar-refractivity contribution in [2.45, 2.75) is 60.0 Å². The Bertz CT molecular complexity index is 406. The third-order valence-electron chi connectivity index (χ3n) is 3.54. The van der Waals surface area contributed by atoms with Crippen molar-refractivity contribution in [3.05, 3.63) is 36.1 Å². The zero-order valence-corrected chi connectivity index (χ0v) is 14.0. The Hall–Kier alpha value is -1.02. The zero-order valence-electron chi connectivity index (χ0n) is 14.0. The lowest BCUT2D eigenvalue weighted by Crippen LogP contribution is -2.30. The first-order chi connectivity index (χ1) is 8.99. The van der Waals surface area contributed by atoms with E-state index in [1.165, 1.54) is 0 Å². The van der Waals surface area contributed by atoms with Crippen molar-refractivity contribution in [2.24, 2.45) is 10.8 Å². The fourth-order valence-electron chi connectivity index (χ4n) is 2.74. The van der Waals surface area contributed by atoms with Crippen LogP contribution in [0.5, 0.6) is 0 Å². The van der Waals surface area contributed by atoms with E-state index in [1.807, 2.05) is 13.8 Å². The summed E-state index contributed by atoms with van der Waals surface area (Å²) in [4.78, 5) is 0. The molecule has 0 aromatic rings. The van der Waals surface area contributed by atoms with Gasteiger partial charge in [0.25, 0.3) is 0 Å². The minimum absolute atomic E-state index is 0.125. The third-order valence-corrected chi connectivity index (χ3v) is 3.54. The molecule has 0 amide bonds. The van der Waals surface area contributed by atoms with Crippen molar-refractivity contribution >= 4 is 0 Å². The molecule has 2 heteroatoms. The van der Waals surface area contributed by atoms with E-state index < -0.39 is 5.60 Å². The van der Waals surface area contributed by atoms with E-state index in [9.17, 15) is 5.11 Å². The molecule has 0 radical (unpaired) electrons. The Kier molecular flexibility index (Phi) is 5.26. The van der Waals surface area contributed by atoms with Gasteiger partial charge in [-0.25, -0.2) is 0 Å². The molecular weight excluding hydrogens is 246 g/mol. The van der Waals surface area contributed by atoms with E-state index in [0.717, 1.165) is 25.1 Å². The monoisotopic (exact) mass is 277 g/mol. The summed E-state index contributed by atoms with van der Waals surface area (Å²) >= 11 is 0. The Labute approximate surface area is 124 Å². The minimum atomic E-state index is -0.599. The van der Waals surface area contributed by atoms with Gasteiger partial charge in [0.05, 0.1) is 5.60 Å². The smallest absolute Gasteiger partial charge is 0.0596 e. The highest BCUT2D eigenvalue weighted by atomic mass is 16.3. The molecule has 1 rings (SSSR count). The van der Waals surface area contributed by atoms with E-state index in [1.54, 1.807) is 0 Å². The lowest BCUT2D eigenvalue weighted by atomic mass is 9.79. The Morgan fingerprint density at radius 3 is 2.40 bits per heavy atom. The second-order valence-electron chi connectivity index (χ2n) is 7.97. The molecule has 0 aromatic heterocycles. The molecule has 0 unspecified atom stereocenters.